The number of nitrogens with zero attached hydrogens (tertiary/aromatic N) is 4. The Kier molecular flexibility index (Phi) is 6.21. The van der Waals surface area contributed by atoms with Gasteiger partial charge in [0, 0.05) is 19.1 Å². The summed E-state index contributed by atoms with van der Waals surface area (Å²) < 4.78 is 3.45. The number of piperidine rings is 1. The van der Waals surface area contributed by atoms with Crippen molar-refractivity contribution in [2.24, 2.45) is 0 Å². The second-order valence-electron chi connectivity index (χ2n) is 9.18. The van der Waals surface area contributed by atoms with Crippen molar-refractivity contribution in [1.82, 2.24) is 24.0 Å². The molecule has 0 atom stereocenters. The lowest BCUT2D eigenvalue weighted by molar-refractivity contribution is -0.129. The third-order valence-corrected chi connectivity index (χ3v) is 8.68. The van der Waals surface area contributed by atoms with E-state index in [0.29, 0.717) is 41.3 Å². The Hall–Kier alpha value is -3.63. The van der Waals surface area contributed by atoms with E-state index in [2.05, 4.69) is 4.98 Å². The maximum Gasteiger partial charge on any atom is 0.326 e. The Bertz CT molecular complexity index is 1740. The molecule has 4 heterocycles. The number of benzene rings is 2. The van der Waals surface area contributed by atoms with Gasteiger partial charge in [0.2, 0.25) is 5.91 Å². The van der Waals surface area contributed by atoms with E-state index in [4.69, 9.17) is 4.98 Å². The highest BCUT2D eigenvalue weighted by Gasteiger charge is 2.26. The molecule has 3 aromatic heterocycles. The van der Waals surface area contributed by atoms with Crippen LogP contribution in [-0.4, -0.2) is 48.8 Å². The van der Waals surface area contributed by atoms with Crippen LogP contribution in [0.15, 0.2) is 74.7 Å². The standard InChI is InChI=1S/C27H25N5O3S2/c1-17-6-2-4-8-21(17)32-25(34)19-12-15-36-24(19)29-27(32)37-16-23(33)30-13-10-18(11-14-30)31-22-9-5-3-7-20(22)28-26(31)35/h2-9,12,15,18H,10-11,13-14,16H2,1H3,(H,28,35). The molecule has 6 rings (SSSR count). The van der Waals surface area contributed by atoms with Gasteiger partial charge in [0.15, 0.2) is 5.16 Å². The maximum absolute atomic E-state index is 13.4. The number of carbonyl (C=O) groups is 1. The molecule has 0 saturated carbocycles. The van der Waals surface area contributed by atoms with Crippen LogP contribution in [0.3, 0.4) is 0 Å². The van der Waals surface area contributed by atoms with E-state index in [1.807, 2.05) is 70.3 Å². The number of aromatic nitrogens is 4. The molecule has 1 saturated heterocycles. The van der Waals surface area contributed by atoms with Crippen LogP contribution in [0.1, 0.15) is 24.4 Å². The van der Waals surface area contributed by atoms with E-state index >= 15 is 0 Å². The summed E-state index contributed by atoms with van der Waals surface area (Å²) in [6.45, 7) is 3.12. The number of imidazole rings is 1. The Balaban J connectivity index is 1.20. The third kappa shape index (κ3) is 4.30. The third-order valence-electron chi connectivity index (χ3n) is 6.95. The molecular weight excluding hydrogens is 506 g/mol. The maximum atomic E-state index is 13.4. The highest BCUT2D eigenvalue weighted by atomic mass is 32.2. The fourth-order valence-electron chi connectivity index (χ4n) is 5.05. The Morgan fingerprint density at radius 1 is 1.08 bits per heavy atom. The zero-order chi connectivity index (χ0) is 25.5. The molecule has 0 aliphatic carbocycles. The average Bonchev–Trinajstić information content (AvgIpc) is 3.52. The van der Waals surface area contributed by atoms with E-state index in [1.54, 1.807) is 10.6 Å². The average molecular weight is 532 g/mol. The van der Waals surface area contributed by atoms with Crippen LogP contribution < -0.4 is 11.2 Å². The van der Waals surface area contributed by atoms with Crippen LogP contribution in [0.2, 0.25) is 0 Å². The summed E-state index contributed by atoms with van der Waals surface area (Å²) in [5.41, 5.74) is 3.23. The fraction of sp³-hybridized carbons (Fsp3) is 0.259. The van der Waals surface area contributed by atoms with Gasteiger partial charge in [-0.05, 0) is 55.0 Å². The monoisotopic (exact) mass is 531 g/mol. The summed E-state index contributed by atoms with van der Waals surface area (Å²) in [4.78, 5) is 49.3. The predicted molar refractivity (Wildman–Crippen MR) is 148 cm³/mol. The number of amides is 1. The Morgan fingerprint density at radius 2 is 1.84 bits per heavy atom. The fourth-order valence-corrected chi connectivity index (χ4v) is 6.76. The molecule has 1 N–H and O–H groups in total. The lowest BCUT2D eigenvalue weighted by atomic mass is 10.0. The van der Waals surface area contributed by atoms with E-state index in [0.717, 1.165) is 22.3 Å². The predicted octanol–water partition coefficient (Wildman–Crippen LogP) is 4.35. The summed E-state index contributed by atoms with van der Waals surface area (Å²) in [6, 6.07) is 17.2. The molecule has 0 spiro atoms. The van der Waals surface area contributed by atoms with Crippen LogP contribution in [0.25, 0.3) is 26.9 Å². The minimum atomic E-state index is -0.125. The van der Waals surface area contributed by atoms with Crippen molar-refractivity contribution in [3.8, 4) is 5.69 Å². The number of thioether (sulfide) groups is 1. The van der Waals surface area contributed by atoms with Crippen molar-refractivity contribution >= 4 is 50.3 Å². The van der Waals surface area contributed by atoms with Gasteiger partial charge >= 0.3 is 5.69 Å². The number of fused-ring (bicyclic) bond motifs is 2. The number of aryl methyl sites for hydroxylation is 1. The van der Waals surface area contributed by atoms with Gasteiger partial charge in [0.1, 0.15) is 4.83 Å². The molecule has 0 radical (unpaired) electrons. The molecule has 1 aliphatic heterocycles. The second kappa shape index (κ2) is 9.68. The van der Waals surface area contributed by atoms with Crippen molar-refractivity contribution in [1.29, 1.82) is 0 Å². The quantitative estimate of drug-likeness (QED) is 0.269. The first kappa shape index (κ1) is 23.7. The topological polar surface area (TPSA) is 93.0 Å². The van der Waals surface area contributed by atoms with Crippen LogP contribution >= 0.6 is 23.1 Å². The largest absolute Gasteiger partial charge is 0.342 e. The zero-order valence-corrected chi connectivity index (χ0v) is 21.8. The van der Waals surface area contributed by atoms with Gasteiger partial charge in [-0.25, -0.2) is 9.78 Å². The van der Waals surface area contributed by atoms with E-state index in [1.165, 1.54) is 23.1 Å². The molecule has 1 amide bonds. The highest BCUT2D eigenvalue weighted by Crippen LogP contribution is 2.28. The molecule has 1 fully saturated rings. The number of aromatic amines is 1. The molecule has 188 valence electrons. The van der Waals surface area contributed by atoms with Crippen molar-refractivity contribution < 1.29 is 4.79 Å². The van der Waals surface area contributed by atoms with E-state index < -0.39 is 0 Å². The number of hydrogen-bond acceptors (Lipinski definition) is 6. The van der Waals surface area contributed by atoms with Gasteiger partial charge in [-0.3, -0.25) is 18.7 Å². The Labute approximate surface area is 220 Å². The molecule has 0 bridgehead atoms. The summed E-state index contributed by atoms with van der Waals surface area (Å²) in [5.74, 6) is 0.193. The molecule has 0 unspecified atom stereocenters. The molecule has 5 aromatic rings. The summed E-state index contributed by atoms with van der Waals surface area (Å²) in [6.07, 6.45) is 1.43. The number of rotatable bonds is 5. The smallest absolute Gasteiger partial charge is 0.326 e. The van der Waals surface area contributed by atoms with Gasteiger partial charge in [0.05, 0.1) is 27.9 Å². The second-order valence-corrected chi connectivity index (χ2v) is 11.0. The highest BCUT2D eigenvalue weighted by molar-refractivity contribution is 7.99. The number of H-pyrrole nitrogens is 1. The number of nitrogens with one attached hydrogen (secondary N) is 1. The van der Waals surface area contributed by atoms with Gasteiger partial charge in [0.25, 0.3) is 5.56 Å². The Morgan fingerprint density at radius 3 is 2.65 bits per heavy atom. The van der Waals surface area contributed by atoms with Gasteiger partial charge in [-0.1, -0.05) is 42.1 Å². The van der Waals surface area contributed by atoms with E-state index in [-0.39, 0.29) is 29.0 Å². The lowest BCUT2D eigenvalue weighted by Gasteiger charge is -2.32. The lowest BCUT2D eigenvalue weighted by Crippen LogP contribution is -2.41. The number of hydrogen-bond donors (Lipinski definition) is 1. The number of likely N-dealkylation sites (tertiary alicyclic amines) is 1. The van der Waals surface area contributed by atoms with E-state index in [9.17, 15) is 14.4 Å². The number of thiophene rings is 1. The van der Waals surface area contributed by atoms with Gasteiger partial charge < -0.3 is 9.88 Å². The first-order valence-corrected chi connectivity index (χ1v) is 14.0. The summed E-state index contributed by atoms with van der Waals surface area (Å²) in [5, 5.41) is 2.96. The van der Waals surface area contributed by atoms with Crippen molar-refractivity contribution in [2.45, 2.75) is 31.0 Å². The van der Waals surface area contributed by atoms with Gasteiger partial charge in [-0.2, -0.15) is 0 Å². The van der Waals surface area contributed by atoms with Crippen molar-refractivity contribution in [3.63, 3.8) is 0 Å². The molecule has 2 aromatic carbocycles. The first-order valence-electron chi connectivity index (χ1n) is 12.2. The summed E-state index contributed by atoms with van der Waals surface area (Å²) in [7, 11) is 0. The van der Waals surface area contributed by atoms with Crippen molar-refractivity contribution in [2.75, 3.05) is 18.8 Å². The normalized spacial score (nSPS) is 14.6. The molecule has 10 heteroatoms. The molecule has 8 nitrogen and oxygen atoms in total. The van der Waals surface area contributed by atoms with Crippen LogP contribution in [0.5, 0.6) is 0 Å². The molecular formula is C27H25N5O3S2. The zero-order valence-electron chi connectivity index (χ0n) is 20.2. The minimum absolute atomic E-state index is 0.00610. The van der Waals surface area contributed by atoms with Crippen molar-refractivity contribution in [3.05, 3.63) is 86.4 Å². The van der Waals surface area contributed by atoms with Gasteiger partial charge in [-0.15, -0.1) is 11.3 Å². The van der Waals surface area contributed by atoms with Crippen LogP contribution in [0.4, 0.5) is 0 Å². The SMILES string of the molecule is Cc1ccccc1-n1c(SCC(=O)N2CCC(n3c(=O)[nH]c4ccccc43)CC2)nc2sccc2c1=O. The minimum Gasteiger partial charge on any atom is -0.342 e. The number of para-hydroxylation sites is 3. The van der Waals surface area contributed by atoms with Crippen LogP contribution in [-0.2, 0) is 4.79 Å². The molecule has 37 heavy (non-hydrogen) atoms. The summed E-state index contributed by atoms with van der Waals surface area (Å²) >= 11 is 2.72. The molecule has 1 aliphatic rings. The van der Waals surface area contributed by atoms with Crippen LogP contribution in [0, 0.1) is 6.92 Å². The number of carbonyl (C=O) groups excluding carboxylic acids is 1. The first-order chi connectivity index (χ1) is 18.0.